The predicted molar refractivity (Wildman–Crippen MR) is 120 cm³/mol. The van der Waals surface area contributed by atoms with Gasteiger partial charge in [0.2, 0.25) is 11.8 Å². The van der Waals surface area contributed by atoms with Gasteiger partial charge in [0.25, 0.3) is 0 Å². The highest BCUT2D eigenvalue weighted by atomic mass is 35.5. The highest BCUT2D eigenvalue weighted by Gasteiger charge is 2.13. The van der Waals surface area contributed by atoms with E-state index >= 15 is 0 Å². The van der Waals surface area contributed by atoms with Crippen LogP contribution in [0.5, 0.6) is 0 Å². The highest BCUT2D eigenvalue weighted by Crippen LogP contribution is 2.20. The lowest BCUT2D eigenvalue weighted by Crippen LogP contribution is -2.31. The van der Waals surface area contributed by atoms with Gasteiger partial charge in [0.15, 0.2) is 10.6 Å². The Balaban J connectivity index is 1.65. The van der Waals surface area contributed by atoms with Gasteiger partial charge in [-0.05, 0) is 68.0 Å². The Kier molecular flexibility index (Phi) is 7.02. The smallest absolute Gasteiger partial charge is 0.244 e. The maximum absolute atomic E-state index is 12.5. The lowest BCUT2D eigenvalue weighted by atomic mass is 10.1. The van der Waals surface area contributed by atoms with Crippen LogP contribution >= 0.6 is 23.8 Å². The fourth-order valence-corrected chi connectivity index (χ4v) is 3.21. The maximum Gasteiger partial charge on any atom is 0.244 e. The van der Waals surface area contributed by atoms with E-state index in [1.165, 1.54) is 0 Å². The minimum absolute atomic E-state index is 0.00579. The first kappa shape index (κ1) is 21.7. The van der Waals surface area contributed by atoms with Crippen molar-refractivity contribution in [2.45, 2.75) is 32.9 Å². The van der Waals surface area contributed by atoms with E-state index in [1.54, 1.807) is 28.8 Å². The third kappa shape index (κ3) is 5.77. The summed E-state index contributed by atoms with van der Waals surface area (Å²) in [7, 11) is 0. The van der Waals surface area contributed by atoms with E-state index in [2.05, 4.69) is 20.8 Å². The van der Waals surface area contributed by atoms with Crippen LogP contribution in [0.3, 0.4) is 0 Å². The van der Waals surface area contributed by atoms with Crippen LogP contribution in [0.2, 0.25) is 5.02 Å². The van der Waals surface area contributed by atoms with Crippen LogP contribution in [-0.4, -0.2) is 32.6 Å². The van der Waals surface area contributed by atoms with Crippen molar-refractivity contribution in [1.82, 2.24) is 20.1 Å². The summed E-state index contributed by atoms with van der Waals surface area (Å²) in [4.78, 5) is 24.4. The van der Waals surface area contributed by atoms with E-state index in [-0.39, 0.29) is 24.4 Å². The van der Waals surface area contributed by atoms with E-state index in [1.807, 2.05) is 38.1 Å². The Morgan fingerprint density at radius 1 is 1.10 bits per heavy atom. The normalized spacial score (nSPS) is 10.8. The predicted octanol–water partition coefficient (Wildman–Crippen LogP) is 3.97. The van der Waals surface area contributed by atoms with Crippen LogP contribution in [0.15, 0.2) is 48.5 Å². The molecule has 1 aromatic heterocycles. The van der Waals surface area contributed by atoms with Crippen LogP contribution < -0.4 is 10.6 Å². The molecule has 3 aromatic rings. The van der Waals surface area contributed by atoms with Crippen molar-refractivity contribution in [3.05, 3.63) is 63.9 Å². The number of rotatable bonds is 7. The summed E-state index contributed by atoms with van der Waals surface area (Å²) in [5.41, 5.74) is 2.30. The molecular weight excluding hydrogens is 422 g/mol. The van der Waals surface area contributed by atoms with Crippen LogP contribution in [0, 0.1) is 4.77 Å². The Bertz CT molecular complexity index is 1090. The number of anilines is 1. The number of H-pyrrole nitrogens is 1. The fourth-order valence-electron chi connectivity index (χ4n) is 2.89. The van der Waals surface area contributed by atoms with Crippen molar-refractivity contribution in [3.63, 3.8) is 0 Å². The van der Waals surface area contributed by atoms with Gasteiger partial charge in [0.1, 0.15) is 6.54 Å². The van der Waals surface area contributed by atoms with Crippen molar-refractivity contribution in [3.8, 4) is 11.4 Å². The average Bonchev–Trinajstić information content (AvgIpc) is 3.04. The number of carbonyl (C=O) groups excluding carboxylic acids is 2. The first-order chi connectivity index (χ1) is 14.3. The minimum Gasteiger partial charge on any atom is -0.354 e. The number of hydrogen-bond donors (Lipinski definition) is 3. The molecule has 0 aliphatic rings. The molecule has 0 radical (unpaired) electrons. The molecule has 9 heteroatoms. The number of benzene rings is 2. The van der Waals surface area contributed by atoms with E-state index in [4.69, 9.17) is 23.8 Å². The Morgan fingerprint density at radius 2 is 1.77 bits per heavy atom. The first-order valence-electron chi connectivity index (χ1n) is 9.41. The van der Waals surface area contributed by atoms with Gasteiger partial charge in [0.05, 0.1) is 6.42 Å². The molecule has 0 atom stereocenters. The van der Waals surface area contributed by atoms with Crippen LogP contribution in [-0.2, 0) is 22.6 Å². The van der Waals surface area contributed by atoms with Gasteiger partial charge in [-0.1, -0.05) is 23.7 Å². The van der Waals surface area contributed by atoms with Crippen molar-refractivity contribution < 1.29 is 9.59 Å². The molecule has 0 unspecified atom stereocenters. The molecule has 156 valence electrons. The lowest BCUT2D eigenvalue weighted by molar-refractivity contribution is -0.121. The molecule has 1 heterocycles. The Labute approximate surface area is 184 Å². The fraction of sp³-hybridized carbons (Fsp3) is 0.238. The summed E-state index contributed by atoms with van der Waals surface area (Å²) in [6.45, 7) is 3.84. The van der Waals surface area contributed by atoms with Crippen LogP contribution in [0.4, 0.5) is 5.69 Å². The zero-order valence-electron chi connectivity index (χ0n) is 16.6. The number of nitrogens with one attached hydrogen (secondary N) is 3. The molecular formula is C21H22ClN5O2S. The highest BCUT2D eigenvalue weighted by molar-refractivity contribution is 7.71. The van der Waals surface area contributed by atoms with Crippen molar-refractivity contribution in [1.29, 1.82) is 0 Å². The molecule has 0 aliphatic heterocycles. The lowest BCUT2D eigenvalue weighted by Gasteiger charge is -2.10. The molecule has 0 saturated heterocycles. The first-order valence-corrected chi connectivity index (χ1v) is 10.2. The Morgan fingerprint density at radius 3 is 2.40 bits per heavy atom. The number of amides is 2. The van der Waals surface area contributed by atoms with Gasteiger partial charge in [0, 0.05) is 22.3 Å². The number of carbonyl (C=O) groups is 2. The summed E-state index contributed by atoms with van der Waals surface area (Å²) in [6.07, 6.45) is 0.293. The summed E-state index contributed by atoms with van der Waals surface area (Å²) >= 11 is 11.2. The molecule has 30 heavy (non-hydrogen) atoms. The molecule has 0 fully saturated rings. The number of aromatic amines is 1. The molecule has 3 N–H and O–H groups in total. The molecule has 0 spiro atoms. The van der Waals surface area contributed by atoms with E-state index in [0.717, 1.165) is 11.1 Å². The van der Waals surface area contributed by atoms with Crippen LogP contribution in [0.25, 0.3) is 11.4 Å². The van der Waals surface area contributed by atoms with Gasteiger partial charge in [-0.15, -0.1) is 0 Å². The molecule has 3 rings (SSSR count). The largest absolute Gasteiger partial charge is 0.354 e. The van der Waals surface area contributed by atoms with Crippen molar-refractivity contribution in [2.24, 2.45) is 0 Å². The number of aromatic nitrogens is 3. The summed E-state index contributed by atoms with van der Waals surface area (Å²) in [5.74, 6) is 0.275. The zero-order valence-corrected chi connectivity index (χ0v) is 18.2. The SMILES string of the molecule is CC(C)NC(=O)Cc1ccc(NC(=O)Cn2c(-c3ccc(Cl)cc3)n[nH]c2=S)cc1. The summed E-state index contributed by atoms with van der Waals surface area (Å²) in [5, 5.41) is 13.2. The molecule has 0 saturated carbocycles. The molecule has 2 amide bonds. The number of hydrogen-bond acceptors (Lipinski definition) is 4. The molecule has 0 aliphatic carbocycles. The van der Waals surface area contributed by atoms with Gasteiger partial charge >= 0.3 is 0 Å². The zero-order chi connectivity index (χ0) is 21.7. The van der Waals surface area contributed by atoms with Gasteiger partial charge in [-0.25, -0.2) is 0 Å². The standard InChI is InChI=1S/C21H22ClN5O2S/c1-13(2)23-18(28)11-14-3-9-17(10-4-14)24-19(29)12-27-20(25-26-21(27)30)15-5-7-16(22)8-6-15/h3-10,13H,11-12H2,1-2H3,(H,23,28)(H,24,29)(H,26,30). The molecule has 2 aromatic carbocycles. The summed E-state index contributed by atoms with van der Waals surface area (Å²) < 4.78 is 1.97. The quantitative estimate of drug-likeness (QED) is 0.482. The van der Waals surface area contributed by atoms with E-state index in [9.17, 15) is 9.59 Å². The van der Waals surface area contributed by atoms with Crippen LogP contribution in [0.1, 0.15) is 19.4 Å². The van der Waals surface area contributed by atoms with Crippen molar-refractivity contribution in [2.75, 3.05) is 5.32 Å². The number of nitrogens with zero attached hydrogens (tertiary/aromatic N) is 2. The summed E-state index contributed by atoms with van der Waals surface area (Å²) in [6, 6.07) is 14.4. The van der Waals surface area contributed by atoms with Gasteiger partial charge in [-0.3, -0.25) is 19.3 Å². The third-order valence-electron chi connectivity index (χ3n) is 4.21. The van der Waals surface area contributed by atoms with E-state index in [0.29, 0.717) is 27.7 Å². The van der Waals surface area contributed by atoms with Crippen molar-refractivity contribution >= 4 is 41.3 Å². The minimum atomic E-state index is -0.243. The average molecular weight is 444 g/mol. The van der Waals surface area contributed by atoms with E-state index < -0.39 is 0 Å². The molecule has 7 nitrogen and oxygen atoms in total. The second-order valence-electron chi connectivity index (χ2n) is 7.09. The second-order valence-corrected chi connectivity index (χ2v) is 7.91. The maximum atomic E-state index is 12.5. The molecule has 0 bridgehead atoms. The van der Waals surface area contributed by atoms with Gasteiger partial charge < -0.3 is 10.6 Å². The van der Waals surface area contributed by atoms with Gasteiger partial charge in [-0.2, -0.15) is 5.10 Å². The number of halogens is 1. The second kappa shape index (κ2) is 9.69. The monoisotopic (exact) mass is 443 g/mol. The third-order valence-corrected chi connectivity index (χ3v) is 4.78. The topological polar surface area (TPSA) is 91.8 Å². The Hall–Kier alpha value is -2.97.